The molecule has 0 heterocycles. The zero-order valence-corrected chi connectivity index (χ0v) is 10.8. The van der Waals surface area contributed by atoms with Gasteiger partial charge in [-0.15, -0.1) is 0 Å². The Balaban J connectivity index is 2.33. The van der Waals surface area contributed by atoms with Crippen LogP contribution in [-0.4, -0.2) is 30.8 Å². The maximum Gasteiger partial charge on any atom is 0.315 e. The molecule has 0 unspecified atom stereocenters. The van der Waals surface area contributed by atoms with E-state index in [-0.39, 0.29) is 19.0 Å². The number of benzene rings is 1. The molecule has 0 aliphatic rings. The van der Waals surface area contributed by atoms with Gasteiger partial charge in [0.1, 0.15) is 0 Å². The highest BCUT2D eigenvalue weighted by molar-refractivity contribution is 5.74. The van der Waals surface area contributed by atoms with Crippen LogP contribution in [0.3, 0.4) is 0 Å². The third kappa shape index (κ3) is 6.42. The van der Waals surface area contributed by atoms with Crippen molar-refractivity contribution in [1.29, 1.82) is 0 Å². The zero-order chi connectivity index (χ0) is 14.1. The Kier molecular flexibility index (Phi) is 6.38. The van der Waals surface area contributed by atoms with E-state index < -0.39 is 5.97 Å². The third-order valence-electron chi connectivity index (χ3n) is 2.38. The number of hydrogen-bond donors (Lipinski definition) is 3. The first-order chi connectivity index (χ1) is 9.11. The number of hydrogen-bond acceptors (Lipinski definition) is 3. The summed E-state index contributed by atoms with van der Waals surface area (Å²) in [5, 5.41) is 13.6. The number of carbonyl (C=O) groups is 2. The molecule has 0 saturated heterocycles. The molecule has 0 aromatic heterocycles. The van der Waals surface area contributed by atoms with Crippen LogP contribution in [0.2, 0.25) is 0 Å². The van der Waals surface area contributed by atoms with Crippen LogP contribution in [0, 0.1) is 0 Å². The fraction of sp³-hybridized carbons (Fsp3) is 0.385. The highest BCUT2D eigenvalue weighted by Crippen LogP contribution is 2.06. The first-order valence-corrected chi connectivity index (χ1v) is 5.92. The van der Waals surface area contributed by atoms with Crippen molar-refractivity contribution in [1.82, 2.24) is 10.6 Å². The van der Waals surface area contributed by atoms with E-state index in [1.165, 1.54) is 0 Å². The third-order valence-corrected chi connectivity index (χ3v) is 2.38. The summed E-state index contributed by atoms with van der Waals surface area (Å²) in [6, 6.07) is 7.31. The maximum absolute atomic E-state index is 11.4. The Morgan fingerprint density at radius 1 is 1.26 bits per heavy atom. The fourth-order valence-electron chi connectivity index (χ4n) is 1.52. The van der Waals surface area contributed by atoms with Gasteiger partial charge in [0.05, 0.1) is 13.0 Å². The molecule has 3 N–H and O–H groups in total. The SMILES string of the molecule is COCc1cccc(CNC(=O)NCCC(=O)O)c1. The Bertz CT molecular complexity index is 434. The van der Waals surface area contributed by atoms with Gasteiger partial charge in [-0.1, -0.05) is 24.3 Å². The summed E-state index contributed by atoms with van der Waals surface area (Å²) < 4.78 is 5.03. The van der Waals surface area contributed by atoms with Crippen LogP contribution in [0.15, 0.2) is 24.3 Å². The molecule has 0 saturated carbocycles. The number of carboxylic acids is 1. The summed E-state index contributed by atoms with van der Waals surface area (Å²) in [6.45, 7) is 1.03. The normalized spacial score (nSPS) is 9.95. The van der Waals surface area contributed by atoms with Gasteiger partial charge in [-0.05, 0) is 11.1 Å². The molecule has 6 heteroatoms. The number of ether oxygens (including phenoxy) is 1. The van der Waals surface area contributed by atoms with Crippen molar-refractivity contribution >= 4 is 12.0 Å². The molecule has 104 valence electrons. The van der Waals surface area contributed by atoms with Crippen LogP contribution < -0.4 is 10.6 Å². The van der Waals surface area contributed by atoms with Crippen LogP contribution >= 0.6 is 0 Å². The second kappa shape index (κ2) is 8.10. The van der Waals surface area contributed by atoms with Gasteiger partial charge in [-0.3, -0.25) is 4.79 Å². The highest BCUT2D eigenvalue weighted by atomic mass is 16.5. The lowest BCUT2D eigenvalue weighted by molar-refractivity contribution is -0.136. The molecule has 2 amide bonds. The average Bonchev–Trinajstić information content (AvgIpc) is 2.37. The van der Waals surface area contributed by atoms with E-state index in [0.717, 1.165) is 11.1 Å². The standard InChI is InChI=1S/C13H18N2O4/c1-19-9-11-4-2-3-10(7-11)8-15-13(18)14-6-5-12(16)17/h2-4,7H,5-6,8-9H2,1H3,(H,16,17)(H2,14,15,18). The predicted molar refractivity (Wildman–Crippen MR) is 69.6 cm³/mol. The van der Waals surface area contributed by atoms with Gasteiger partial charge in [0.15, 0.2) is 0 Å². The van der Waals surface area contributed by atoms with Crippen LogP contribution in [0.1, 0.15) is 17.5 Å². The minimum atomic E-state index is -0.937. The van der Waals surface area contributed by atoms with Gasteiger partial charge < -0.3 is 20.5 Å². The molecule has 0 spiro atoms. The monoisotopic (exact) mass is 266 g/mol. The minimum Gasteiger partial charge on any atom is -0.481 e. The molecule has 0 atom stereocenters. The molecular weight excluding hydrogens is 248 g/mol. The van der Waals surface area contributed by atoms with Crippen molar-refractivity contribution in [3.8, 4) is 0 Å². The van der Waals surface area contributed by atoms with E-state index >= 15 is 0 Å². The van der Waals surface area contributed by atoms with Gasteiger partial charge in [-0.25, -0.2) is 4.79 Å². The number of methoxy groups -OCH3 is 1. The highest BCUT2D eigenvalue weighted by Gasteiger charge is 2.02. The number of amides is 2. The minimum absolute atomic E-state index is 0.0866. The van der Waals surface area contributed by atoms with Crippen LogP contribution in [0.25, 0.3) is 0 Å². The van der Waals surface area contributed by atoms with E-state index in [0.29, 0.717) is 13.2 Å². The van der Waals surface area contributed by atoms with E-state index in [4.69, 9.17) is 9.84 Å². The van der Waals surface area contributed by atoms with Gasteiger partial charge in [0, 0.05) is 20.2 Å². The Labute approximate surface area is 111 Å². The summed E-state index contributed by atoms with van der Waals surface area (Å²) in [7, 11) is 1.63. The molecule has 1 rings (SSSR count). The lowest BCUT2D eigenvalue weighted by Crippen LogP contribution is -2.36. The lowest BCUT2D eigenvalue weighted by Gasteiger charge is -2.08. The first-order valence-electron chi connectivity index (χ1n) is 5.92. The molecule has 6 nitrogen and oxygen atoms in total. The number of carbonyl (C=O) groups excluding carboxylic acids is 1. The van der Waals surface area contributed by atoms with Crippen molar-refractivity contribution in [2.24, 2.45) is 0 Å². The average molecular weight is 266 g/mol. The molecule has 0 aliphatic heterocycles. The topological polar surface area (TPSA) is 87.7 Å². The Morgan fingerprint density at radius 2 is 2.00 bits per heavy atom. The fourth-order valence-corrected chi connectivity index (χ4v) is 1.52. The molecule has 0 fully saturated rings. The van der Waals surface area contributed by atoms with Crippen molar-refractivity contribution in [2.75, 3.05) is 13.7 Å². The molecule has 0 radical (unpaired) electrons. The number of rotatable bonds is 7. The molecule has 0 aliphatic carbocycles. The van der Waals surface area contributed by atoms with E-state index in [2.05, 4.69) is 10.6 Å². The summed E-state index contributed by atoms with van der Waals surface area (Å²) in [5.41, 5.74) is 2.00. The van der Waals surface area contributed by atoms with Crippen LogP contribution in [-0.2, 0) is 22.7 Å². The Morgan fingerprint density at radius 3 is 2.68 bits per heavy atom. The summed E-state index contributed by atoms with van der Waals surface area (Å²) >= 11 is 0. The van der Waals surface area contributed by atoms with E-state index in [1.54, 1.807) is 7.11 Å². The second-order valence-corrected chi connectivity index (χ2v) is 4.01. The number of aliphatic carboxylic acids is 1. The summed E-state index contributed by atoms with van der Waals surface area (Å²) in [4.78, 5) is 21.6. The van der Waals surface area contributed by atoms with Gasteiger partial charge in [0.2, 0.25) is 0 Å². The quantitative estimate of drug-likeness (QED) is 0.689. The molecule has 19 heavy (non-hydrogen) atoms. The van der Waals surface area contributed by atoms with Crippen molar-refractivity contribution in [2.45, 2.75) is 19.6 Å². The van der Waals surface area contributed by atoms with Crippen molar-refractivity contribution < 1.29 is 19.4 Å². The zero-order valence-electron chi connectivity index (χ0n) is 10.8. The first kappa shape index (κ1) is 15.0. The summed E-state index contributed by atoms with van der Waals surface area (Å²) in [6.07, 6.45) is -0.0866. The number of carboxylic acid groups (broad SMARTS) is 1. The van der Waals surface area contributed by atoms with E-state index in [1.807, 2.05) is 24.3 Å². The predicted octanol–water partition coefficient (Wildman–Crippen LogP) is 1.11. The van der Waals surface area contributed by atoms with Gasteiger partial charge >= 0.3 is 12.0 Å². The summed E-state index contributed by atoms with van der Waals surface area (Å²) in [5.74, 6) is -0.937. The number of urea groups is 1. The molecular formula is C13H18N2O4. The largest absolute Gasteiger partial charge is 0.481 e. The van der Waals surface area contributed by atoms with Crippen LogP contribution in [0.4, 0.5) is 4.79 Å². The smallest absolute Gasteiger partial charge is 0.315 e. The second-order valence-electron chi connectivity index (χ2n) is 4.01. The van der Waals surface area contributed by atoms with E-state index in [9.17, 15) is 9.59 Å². The Hall–Kier alpha value is -2.08. The molecule has 1 aromatic carbocycles. The van der Waals surface area contributed by atoms with Crippen LogP contribution in [0.5, 0.6) is 0 Å². The van der Waals surface area contributed by atoms with Crippen molar-refractivity contribution in [3.63, 3.8) is 0 Å². The number of nitrogens with one attached hydrogen (secondary N) is 2. The van der Waals surface area contributed by atoms with Crippen molar-refractivity contribution in [3.05, 3.63) is 35.4 Å². The molecule has 1 aromatic rings. The van der Waals surface area contributed by atoms with Gasteiger partial charge in [-0.2, -0.15) is 0 Å². The maximum atomic E-state index is 11.4. The van der Waals surface area contributed by atoms with Gasteiger partial charge in [0.25, 0.3) is 0 Å². The molecule has 0 bridgehead atoms. The lowest BCUT2D eigenvalue weighted by atomic mass is 10.1.